The van der Waals surface area contributed by atoms with E-state index in [9.17, 15) is 13.6 Å². The molecule has 2 N–H and O–H groups in total. The second-order valence-corrected chi connectivity index (χ2v) is 7.51. The van der Waals surface area contributed by atoms with Crippen LogP contribution in [0.2, 0.25) is 0 Å². The minimum atomic E-state index is -0.511. The molecule has 0 bridgehead atoms. The molecule has 150 valence electrons. The van der Waals surface area contributed by atoms with Crippen molar-refractivity contribution >= 4 is 11.7 Å². The Morgan fingerprint density at radius 2 is 1.82 bits per heavy atom. The van der Waals surface area contributed by atoms with Gasteiger partial charge in [0.1, 0.15) is 11.6 Å². The first-order valence-corrected chi connectivity index (χ1v) is 9.69. The van der Waals surface area contributed by atoms with Crippen molar-refractivity contribution in [2.75, 3.05) is 25.5 Å². The molecule has 0 radical (unpaired) electrons. The van der Waals surface area contributed by atoms with Crippen molar-refractivity contribution in [2.24, 2.45) is 5.92 Å². The van der Waals surface area contributed by atoms with Gasteiger partial charge < -0.3 is 10.6 Å². The third-order valence-corrected chi connectivity index (χ3v) is 5.42. The Morgan fingerprint density at radius 3 is 2.46 bits per heavy atom. The number of carbonyl (C=O) groups is 1. The molecule has 3 rings (SSSR count). The number of hydrogen-bond donors (Lipinski definition) is 2. The molecule has 4 nitrogen and oxygen atoms in total. The Kier molecular flexibility index (Phi) is 6.62. The lowest BCUT2D eigenvalue weighted by atomic mass is 9.89. The smallest absolute Gasteiger partial charge is 0.318 e. The number of amides is 2. The second-order valence-electron chi connectivity index (χ2n) is 7.51. The average Bonchev–Trinajstić information content (AvgIpc) is 2.65. The molecular formula is C22H27F2N3O. The van der Waals surface area contributed by atoms with Crippen LogP contribution in [0.15, 0.2) is 36.4 Å². The van der Waals surface area contributed by atoms with Crippen LogP contribution in [0.3, 0.4) is 0 Å². The van der Waals surface area contributed by atoms with Gasteiger partial charge in [-0.3, -0.25) is 4.90 Å². The summed E-state index contributed by atoms with van der Waals surface area (Å²) in [7, 11) is 1.60. The lowest BCUT2D eigenvalue weighted by Crippen LogP contribution is -2.34. The van der Waals surface area contributed by atoms with E-state index in [0.717, 1.165) is 60.9 Å². The molecule has 2 amide bonds. The highest BCUT2D eigenvalue weighted by Gasteiger charge is 2.21. The molecular weight excluding hydrogens is 360 g/mol. The fourth-order valence-corrected chi connectivity index (χ4v) is 3.85. The van der Waals surface area contributed by atoms with Crippen LogP contribution in [0.1, 0.15) is 29.5 Å². The molecule has 1 saturated heterocycles. The first kappa shape index (κ1) is 20.3. The largest absolute Gasteiger partial charge is 0.341 e. The van der Waals surface area contributed by atoms with Crippen LogP contribution in [0, 0.1) is 24.5 Å². The summed E-state index contributed by atoms with van der Waals surface area (Å²) in [6.45, 7) is 4.68. The summed E-state index contributed by atoms with van der Waals surface area (Å²) >= 11 is 0. The molecule has 1 heterocycles. The zero-order chi connectivity index (χ0) is 20.1. The number of nitrogens with zero attached hydrogens (tertiary/aromatic N) is 1. The van der Waals surface area contributed by atoms with E-state index in [-0.39, 0.29) is 6.03 Å². The Morgan fingerprint density at radius 1 is 1.14 bits per heavy atom. The minimum absolute atomic E-state index is 0.229. The monoisotopic (exact) mass is 387 g/mol. The van der Waals surface area contributed by atoms with Gasteiger partial charge in [-0.25, -0.2) is 13.6 Å². The normalized spacial score (nSPS) is 15.4. The summed E-state index contributed by atoms with van der Waals surface area (Å²) in [6, 6.07) is 9.46. The van der Waals surface area contributed by atoms with E-state index in [1.807, 2.05) is 12.1 Å². The lowest BCUT2D eigenvalue weighted by molar-refractivity contribution is 0.177. The predicted octanol–water partition coefficient (Wildman–Crippen LogP) is 4.48. The number of carbonyl (C=O) groups excluding carboxylic acids is 1. The Labute approximate surface area is 164 Å². The van der Waals surface area contributed by atoms with Crippen LogP contribution in [0.5, 0.6) is 0 Å². The summed E-state index contributed by atoms with van der Waals surface area (Å²) in [5.41, 5.74) is 3.83. The number of anilines is 1. The van der Waals surface area contributed by atoms with Gasteiger partial charge in [0.15, 0.2) is 0 Å². The van der Waals surface area contributed by atoms with Crippen LogP contribution in [-0.4, -0.2) is 31.1 Å². The number of aryl methyl sites for hydroxylation is 1. The molecule has 28 heavy (non-hydrogen) atoms. The van der Waals surface area contributed by atoms with E-state index in [4.69, 9.17) is 0 Å². The highest BCUT2D eigenvalue weighted by atomic mass is 19.1. The number of urea groups is 1. The quantitative estimate of drug-likeness (QED) is 0.795. The van der Waals surface area contributed by atoms with Gasteiger partial charge in [0.05, 0.1) is 0 Å². The van der Waals surface area contributed by atoms with E-state index < -0.39 is 11.6 Å². The molecule has 0 saturated carbocycles. The summed E-state index contributed by atoms with van der Waals surface area (Å²) in [5.74, 6) is -0.593. The summed E-state index contributed by atoms with van der Waals surface area (Å²) < 4.78 is 26.8. The topological polar surface area (TPSA) is 44.4 Å². The fraction of sp³-hybridized carbons (Fsp3) is 0.409. The van der Waals surface area contributed by atoms with Crippen LogP contribution in [0.25, 0.3) is 0 Å². The van der Waals surface area contributed by atoms with Crippen molar-refractivity contribution in [3.8, 4) is 0 Å². The Balaban J connectivity index is 1.59. The number of likely N-dealkylation sites (tertiary alicyclic amines) is 1. The van der Waals surface area contributed by atoms with Gasteiger partial charge in [-0.15, -0.1) is 0 Å². The summed E-state index contributed by atoms with van der Waals surface area (Å²) in [5, 5.41) is 5.48. The van der Waals surface area contributed by atoms with Crippen molar-refractivity contribution in [1.82, 2.24) is 10.2 Å². The third-order valence-electron chi connectivity index (χ3n) is 5.42. The van der Waals surface area contributed by atoms with Gasteiger partial charge in [-0.2, -0.15) is 0 Å². The van der Waals surface area contributed by atoms with Crippen molar-refractivity contribution in [2.45, 2.75) is 32.7 Å². The van der Waals surface area contributed by atoms with Gasteiger partial charge in [0, 0.05) is 25.3 Å². The van der Waals surface area contributed by atoms with Gasteiger partial charge in [-0.05, 0) is 80.1 Å². The van der Waals surface area contributed by atoms with Gasteiger partial charge in [0.25, 0.3) is 0 Å². The van der Waals surface area contributed by atoms with Crippen molar-refractivity contribution in [3.63, 3.8) is 0 Å². The molecule has 6 heteroatoms. The highest BCUT2D eigenvalue weighted by molar-refractivity contribution is 5.90. The molecule has 2 aromatic carbocycles. The zero-order valence-electron chi connectivity index (χ0n) is 16.4. The van der Waals surface area contributed by atoms with E-state index in [2.05, 4.69) is 28.5 Å². The number of rotatable bonds is 5. The van der Waals surface area contributed by atoms with Crippen LogP contribution < -0.4 is 10.6 Å². The fourth-order valence-electron chi connectivity index (χ4n) is 3.85. The number of piperidine rings is 1. The first-order valence-electron chi connectivity index (χ1n) is 9.69. The van der Waals surface area contributed by atoms with Gasteiger partial charge in [0.2, 0.25) is 0 Å². The lowest BCUT2D eigenvalue weighted by Gasteiger charge is -2.33. The Hall–Kier alpha value is -2.47. The zero-order valence-corrected chi connectivity index (χ0v) is 16.4. The molecule has 1 aliphatic heterocycles. The maximum atomic E-state index is 13.4. The maximum Gasteiger partial charge on any atom is 0.318 e. The summed E-state index contributed by atoms with van der Waals surface area (Å²) in [6.07, 6.45) is 2.68. The van der Waals surface area contributed by atoms with E-state index in [1.165, 1.54) is 12.1 Å². The molecule has 0 aromatic heterocycles. The second kappa shape index (κ2) is 9.15. The first-order chi connectivity index (χ1) is 13.4. The molecule has 1 fully saturated rings. The van der Waals surface area contributed by atoms with Crippen LogP contribution >= 0.6 is 0 Å². The molecule has 1 aliphatic rings. The molecule has 0 aliphatic carbocycles. The molecule has 0 unspecified atom stereocenters. The van der Waals surface area contributed by atoms with E-state index in [0.29, 0.717) is 12.3 Å². The van der Waals surface area contributed by atoms with Gasteiger partial charge >= 0.3 is 6.03 Å². The number of nitrogens with one attached hydrogen (secondary N) is 2. The van der Waals surface area contributed by atoms with Crippen molar-refractivity contribution in [1.29, 1.82) is 0 Å². The SMILES string of the molecule is CNC(=O)Nc1cccc(C)c1CN1CCC(Cc2cc(F)cc(F)c2)CC1. The van der Waals surface area contributed by atoms with Crippen molar-refractivity contribution in [3.05, 3.63) is 64.7 Å². The average molecular weight is 387 g/mol. The third kappa shape index (κ3) is 5.29. The number of benzene rings is 2. The molecule has 0 atom stereocenters. The summed E-state index contributed by atoms with van der Waals surface area (Å²) in [4.78, 5) is 14.1. The van der Waals surface area contributed by atoms with E-state index >= 15 is 0 Å². The maximum absolute atomic E-state index is 13.4. The predicted molar refractivity (Wildman–Crippen MR) is 107 cm³/mol. The molecule has 2 aromatic rings. The van der Waals surface area contributed by atoms with E-state index in [1.54, 1.807) is 7.05 Å². The number of halogens is 2. The van der Waals surface area contributed by atoms with Crippen molar-refractivity contribution < 1.29 is 13.6 Å². The Bertz CT molecular complexity index is 812. The highest BCUT2D eigenvalue weighted by Crippen LogP contribution is 2.27. The molecule has 0 spiro atoms. The number of hydrogen-bond acceptors (Lipinski definition) is 2. The van der Waals surface area contributed by atoms with Gasteiger partial charge in [-0.1, -0.05) is 12.1 Å². The van der Waals surface area contributed by atoms with Crippen LogP contribution in [-0.2, 0) is 13.0 Å². The minimum Gasteiger partial charge on any atom is -0.341 e. The standard InChI is InChI=1S/C22H27F2N3O/c1-15-4-3-5-21(26-22(28)25-2)20(15)14-27-8-6-16(7-9-27)10-17-11-18(23)13-19(24)12-17/h3-5,11-13,16H,6-10,14H2,1-2H3,(H2,25,26,28). The van der Waals surface area contributed by atoms with Crippen LogP contribution in [0.4, 0.5) is 19.3 Å².